The molecule has 0 atom stereocenters. The van der Waals surface area contributed by atoms with E-state index in [4.69, 9.17) is 4.74 Å². The van der Waals surface area contributed by atoms with Crippen LogP contribution in [-0.2, 0) is 23.0 Å². The van der Waals surface area contributed by atoms with Crippen molar-refractivity contribution in [2.75, 3.05) is 27.7 Å². The Labute approximate surface area is 184 Å². The second kappa shape index (κ2) is 11.9. The molecule has 0 amide bonds. The Hall–Kier alpha value is -1.85. The summed E-state index contributed by atoms with van der Waals surface area (Å²) in [6.07, 6.45) is 0.807. The van der Waals surface area contributed by atoms with Crippen LogP contribution >= 0.6 is 24.0 Å². The van der Waals surface area contributed by atoms with Crippen molar-refractivity contribution in [2.45, 2.75) is 17.9 Å². The predicted octanol–water partition coefficient (Wildman–Crippen LogP) is 2.13. The molecule has 0 aliphatic carbocycles. The summed E-state index contributed by atoms with van der Waals surface area (Å²) in [5.74, 6) is 1.55. The van der Waals surface area contributed by atoms with E-state index >= 15 is 0 Å². The molecule has 0 bridgehead atoms. The van der Waals surface area contributed by atoms with Crippen LogP contribution in [0.4, 0.5) is 0 Å². The van der Waals surface area contributed by atoms with Crippen molar-refractivity contribution >= 4 is 40.0 Å². The summed E-state index contributed by atoms with van der Waals surface area (Å²) in [4.78, 5) is 4.45. The number of methoxy groups -OCH3 is 1. The molecule has 0 fully saturated rings. The van der Waals surface area contributed by atoms with E-state index in [1.54, 1.807) is 38.4 Å². The molecule has 0 radical (unpaired) electrons. The Kier molecular flexibility index (Phi) is 10.3. The number of sulfonamides is 1. The van der Waals surface area contributed by atoms with Gasteiger partial charge in [0, 0.05) is 20.1 Å². The zero-order valence-electron chi connectivity index (χ0n) is 16.2. The molecule has 2 rings (SSSR count). The van der Waals surface area contributed by atoms with E-state index in [1.165, 1.54) is 7.05 Å². The third-order valence-corrected chi connectivity index (χ3v) is 5.50. The maximum atomic E-state index is 11.7. The summed E-state index contributed by atoms with van der Waals surface area (Å²) < 4.78 is 31.1. The van der Waals surface area contributed by atoms with Crippen LogP contribution in [0.1, 0.15) is 11.1 Å². The van der Waals surface area contributed by atoms with Crippen LogP contribution in [0.2, 0.25) is 0 Å². The van der Waals surface area contributed by atoms with E-state index in [-0.39, 0.29) is 28.9 Å². The molecular weight excluding hydrogens is 491 g/mol. The summed E-state index contributed by atoms with van der Waals surface area (Å²) in [6, 6.07) is 14.6. The van der Waals surface area contributed by atoms with Gasteiger partial charge in [-0.15, -0.1) is 24.0 Å². The third-order valence-electron chi connectivity index (χ3n) is 4.07. The summed E-state index contributed by atoms with van der Waals surface area (Å²) in [5, 5.41) is 6.48. The van der Waals surface area contributed by atoms with Crippen molar-refractivity contribution in [1.29, 1.82) is 0 Å². The highest BCUT2D eigenvalue weighted by Crippen LogP contribution is 2.17. The molecular formula is C19H27IN4O3S. The van der Waals surface area contributed by atoms with Crippen molar-refractivity contribution in [3.05, 3.63) is 59.7 Å². The molecule has 0 unspecified atom stereocenters. The molecule has 0 aliphatic heterocycles. The smallest absolute Gasteiger partial charge is 0.240 e. The largest absolute Gasteiger partial charge is 0.496 e. The highest BCUT2D eigenvalue weighted by atomic mass is 127. The van der Waals surface area contributed by atoms with E-state index in [9.17, 15) is 8.42 Å². The van der Waals surface area contributed by atoms with E-state index in [2.05, 4.69) is 20.3 Å². The lowest BCUT2D eigenvalue weighted by Crippen LogP contribution is -2.37. The molecule has 9 heteroatoms. The second-order valence-electron chi connectivity index (χ2n) is 5.77. The standard InChI is InChI=1S/C19H26N4O3S.HI/c1-20-19(22-13-12-16-6-4-5-7-18(16)26-3)23-14-15-8-10-17(11-9-15)27(24,25)21-2;/h4-11,21H,12-14H2,1-3H3,(H2,20,22,23);1H. The van der Waals surface area contributed by atoms with Gasteiger partial charge in [0.05, 0.1) is 12.0 Å². The number of halogens is 1. The lowest BCUT2D eigenvalue weighted by atomic mass is 10.1. The number of aliphatic imine (C=N–C) groups is 1. The normalized spacial score (nSPS) is 11.5. The molecule has 0 aromatic heterocycles. The summed E-state index contributed by atoms with van der Waals surface area (Å²) in [5.41, 5.74) is 2.09. The number of guanidine groups is 1. The maximum Gasteiger partial charge on any atom is 0.240 e. The molecule has 154 valence electrons. The first-order chi connectivity index (χ1) is 13.0. The van der Waals surface area contributed by atoms with Gasteiger partial charge >= 0.3 is 0 Å². The minimum atomic E-state index is -3.41. The van der Waals surface area contributed by atoms with Crippen LogP contribution in [0.5, 0.6) is 5.75 Å². The van der Waals surface area contributed by atoms with Gasteiger partial charge in [-0.25, -0.2) is 13.1 Å². The number of nitrogens with zero attached hydrogens (tertiary/aromatic N) is 1. The van der Waals surface area contributed by atoms with Gasteiger partial charge in [-0.2, -0.15) is 0 Å². The molecule has 2 aromatic carbocycles. The topological polar surface area (TPSA) is 91.8 Å². The van der Waals surface area contributed by atoms with Crippen molar-refractivity contribution in [2.24, 2.45) is 4.99 Å². The van der Waals surface area contributed by atoms with Crippen molar-refractivity contribution in [3.8, 4) is 5.75 Å². The van der Waals surface area contributed by atoms with Gasteiger partial charge in [0.1, 0.15) is 5.75 Å². The highest BCUT2D eigenvalue weighted by Gasteiger charge is 2.10. The van der Waals surface area contributed by atoms with Gasteiger partial charge in [-0.1, -0.05) is 30.3 Å². The Morgan fingerprint density at radius 2 is 1.75 bits per heavy atom. The van der Waals surface area contributed by atoms with Gasteiger partial charge < -0.3 is 15.4 Å². The Morgan fingerprint density at radius 1 is 1.07 bits per heavy atom. The van der Waals surface area contributed by atoms with Crippen LogP contribution in [0.25, 0.3) is 0 Å². The molecule has 2 aromatic rings. The van der Waals surface area contributed by atoms with Crippen LogP contribution in [0, 0.1) is 0 Å². The second-order valence-corrected chi connectivity index (χ2v) is 7.65. The molecule has 7 nitrogen and oxygen atoms in total. The molecule has 3 N–H and O–H groups in total. The first kappa shape index (κ1) is 24.2. The van der Waals surface area contributed by atoms with E-state index in [0.29, 0.717) is 19.0 Å². The predicted molar refractivity (Wildman–Crippen MR) is 123 cm³/mol. The van der Waals surface area contributed by atoms with Crippen molar-refractivity contribution < 1.29 is 13.2 Å². The van der Waals surface area contributed by atoms with E-state index in [1.807, 2.05) is 24.3 Å². The average molecular weight is 518 g/mol. The van der Waals surface area contributed by atoms with Gasteiger partial charge in [0.2, 0.25) is 10.0 Å². The van der Waals surface area contributed by atoms with Gasteiger partial charge in [0.15, 0.2) is 5.96 Å². The molecule has 28 heavy (non-hydrogen) atoms. The van der Waals surface area contributed by atoms with Gasteiger partial charge in [0.25, 0.3) is 0 Å². The minimum absolute atomic E-state index is 0. The molecule has 0 saturated heterocycles. The molecule has 0 aliphatic rings. The Bertz CT molecular complexity index is 871. The monoisotopic (exact) mass is 518 g/mol. The maximum absolute atomic E-state index is 11.7. The van der Waals surface area contributed by atoms with Crippen molar-refractivity contribution in [1.82, 2.24) is 15.4 Å². The number of nitrogens with one attached hydrogen (secondary N) is 3. The molecule has 0 saturated carbocycles. The van der Waals surface area contributed by atoms with Gasteiger partial charge in [-0.05, 0) is 42.8 Å². The van der Waals surface area contributed by atoms with Gasteiger partial charge in [-0.3, -0.25) is 4.99 Å². The minimum Gasteiger partial charge on any atom is -0.496 e. The van der Waals surface area contributed by atoms with Crippen LogP contribution in [0.15, 0.2) is 58.4 Å². The lowest BCUT2D eigenvalue weighted by molar-refractivity contribution is 0.409. The first-order valence-corrected chi connectivity index (χ1v) is 10.1. The molecule has 0 heterocycles. The Morgan fingerprint density at radius 3 is 2.36 bits per heavy atom. The zero-order valence-corrected chi connectivity index (χ0v) is 19.4. The number of ether oxygens (including phenoxy) is 1. The lowest BCUT2D eigenvalue weighted by Gasteiger charge is -2.13. The zero-order chi connectivity index (χ0) is 19.7. The van der Waals surface area contributed by atoms with E-state index < -0.39 is 10.0 Å². The Balaban J connectivity index is 0.00000392. The summed E-state index contributed by atoms with van der Waals surface area (Å²) >= 11 is 0. The van der Waals surface area contributed by atoms with E-state index in [0.717, 1.165) is 23.3 Å². The number of benzene rings is 2. The average Bonchev–Trinajstić information content (AvgIpc) is 2.71. The molecule has 0 spiro atoms. The number of rotatable bonds is 8. The fourth-order valence-electron chi connectivity index (χ4n) is 2.54. The number of para-hydroxylation sites is 1. The highest BCUT2D eigenvalue weighted by molar-refractivity contribution is 14.0. The van der Waals surface area contributed by atoms with Crippen LogP contribution in [-0.4, -0.2) is 42.1 Å². The third kappa shape index (κ3) is 6.95. The quantitative estimate of drug-likeness (QED) is 0.283. The SMILES string of the molecule is CN=C(NCCc1ccccc1OC)NCc1ccc(S(=O)(=O)NC)cc1.I. The summed E-state index contributed by atoms with van der Waals surface area (Å²) in [6.45, 7) is 1.24. The summed E-state index contributed by atoms with van der Waals surface area (Å²) in [7, 11) is 1.36. The van der Waals surface area contributed by atoms with Crippen LogP contribution in [0.3, 0.4) is 0 Å². The van der Waals surface area contributed by atoms with Crippen LogP contribution < -0.4 is 20.1 Å². The van der Waals surface area contributed by atoms with Crippen molar-refractivity contribution in [3.63, 3.8) is 0 Å². The number of hydrogen-bond donors (Lipinski definition) is 3. The fourth-order valence-corrected chi connectivity index (χ4v) is 3.27. The fraction of sp³-hybridized carbons (Fsp3) is 0.316. The first-order valence-electron chi connectivity index (χ1n) is 8.59. The number of hydrogen-bond acceptors (Lipinski definition) is 4.